The topological polar surface area (TPSA) is 21.3 Å². The highest BCUT2D eigenvalue weighted by Crippen LogP contribution is 2.34. The molecular formula is C17H24FNOS. The van der Waals surface area contributed by atoms with Gasteiger partial charge in [0, 0.05) is 32.6 Å². The van der Waals surface area contributed by atoms with Crippen LogP contribution in [0.4, 0.5) is 4.39 Å². The van der Waals surface area contributed by atoms with Gasteiger partial charge in [-0.2, -0.15) is 0 Å². The van der Waals surface area contributed by atoms with E-state index in [2.05, 4.69) is 26.1 Å². The van der Waals surface area contributed by atoms with E-state index in [1.807, 2.05) is 19.9 Å². The van der Waals surface area contributed by atoms with E-state index >= 15 is 0 Å². The molecule has 0 bridgehead atoms. The highest BCUT2D eigenvalue weighted by atomic mass is 32.1. The van der Waals surface area contributed by atoms with Gasteiger partial charge >= 0.3 is 0 Å². The van der Waals surface area contributed by atoms with E-state index in [1.165, 1.54) is 6.07 Å². The minimum absolute atomic E-state index is 0.0326. The van der Waals surface area contributed by atoms with Crippen molar-refractivity contribution in [3.63, 3.8) is 0 Å². The van der Waals surface area contributed by atoms with Crippen molar-refractivity contribution < 1.29 is 9.13 Å². The fraction of sp³-hybridized carbons (Fsp3) is 0.529. The van der Waals surface area contributed by atoms with Gasteiger partial charge in [-0.1, -0.05) is 6.07 Å². The fourth-order valence-corrected chi connectivity index (χ4v) is 3.27. The predicted octanol–water partition coefficient (Wildman–Crippen LogP) is 4.85. The summed E-state index contributed by atoms with van der Waals surface area (Å²) in [5, 5.41) is 4.20. The summed E-state index contributed by atoms with van der Waals surface area (Å²) >= 11 is 1.65. The lowest BCUT2D eigenvalue weighted by atomic mass is 10.1. The Labute approximate surface area is 130 Å². The molecule has 2 aromatic rings. The number of benzene rings is 1. The van der Waals surface area contributed by atoms with Gasteiger partial charge in [-0.25, -0.2) is 4.39 Å². The van der Waals surface area contributed by atoms with Crippen LogP contribution < -0.4 is 5.32 Å². The summed E-state index contributed by atoms with van der Waals surface area (Å²) in [7, 11) is 0. The molecule has 0 fully saturated rings. The van der Waals surface area contributed by atoms with Gasteiger partial charge in [0.2, 0.25) is 0 Å². The smallest absolute Gasteiger partial charge is 0.132 e. The van der Waals surface area contributed by atoms with Gasteiger partial charge in [-0.15, -0.1) is 11.3 Å². The summed E-state index contributed by atoms with van der Waals surface area (Å²) in [6.07, 6.45) is 0.134. The zero-order valence-electron chi connectivity index (χ0n) is 13.4. The van der Waals surface area contributed by atoms with Crippen molar-refractivity contribution in [1.29, 1.82) is 0 Å². The number of halogens is 1. The first-order chi connectivity index (χ1) is 9.78. The number of ether oxygens (including phenoxy) is 1. The second-order valence-electron chi connectivity index (χ2n) is 6.58. The number of nitrogens with one attached hydrogen (secondary N) is 1. The molecule has 4 heteroatoms. The monoisotopic (exact) mass is 309 g/mol. The maximum atomic E-state index is 14.2. The van der Waals surface area contributed by atoms with Gasteiger partial charge in [0.15, 0.2) is 0 Å². The van der Waals surface area contributed by atoms with Gasteiger partial charge in [0.05, 0.1) is 12.7 Å². The molecule has 0 spiro atoms. The van der Waals surface area contributed by atoms with Crippen molar-refractivity contribution >= 4 is 21.4 Å². The third-order valence-corrected chi connectivity index (χ3v) is 4.38. The molecule has 0 radical (unpaired) electrons. The fourth-order valence-electron chi connectivity index (χ4n) is 2.11. The molecule has 0 saturated heterocycles. The molecule has 0 aliphatic heterocycles. The van der Waals surface area contributed by atoms with E-state index < -0.39 is 0 Å². The van der Waals surface area contributed by atoms with E-state index in [1.54, 1.807) is 17.4 Å². The zero-order chi connectivity index (χ0) is 15.6. The van der Waals surface area contributed by atoms with E-state index in [0.717, 1.165) is 21.7 Å². The Hall–Kier alpha value is -0.970. The quantitative estimate of drug-likeness (QED) is 0.852. The van der Waals surface area contributed by atoms with Crippen molar-refractivity contribution in [2.75, 3.05) is 0 Å². The minimum Gasteiger partial charge on any atom is -0.374 e. The van der Waals surface area contributed by atoms with Crippen molar-refractivity contribution in [3.05, 3.63) is 34.5 Å². The lowest BCUT2D eigenvalue weighted by Gasteiger charge is -2.20. The van der Waals surface area contributed by atoms with Crippen molar-refractivity contribution in [2.24, 2.45) is 0 Å². The van der Waals surface area contributed by atoms with Crippen LogP contribution in [-0.4, -0.2) is 11.6 Å². The Morgan fingerprint density at radius 1 is 1.29 bits per heavy atom. The molecule has 0 unspecified atom stereocenters. The molecule has 21 heavy (non-hydrogen) atoms. The Balaban J connectivity index is 2.38. The lowest BCUT2D eigenvalue weighted by Crippen LogP contribution is -2.35. The van der Waals surface area contributed by atoms with Crippen LogP contribution in [0.15, 0.2) is 18.2 Å². The molecule has 0 amide bonds. The van der Waals surface area contributed by atoms with Crippen LogP contribution in [0, 0.1) is 5.82 Å². The molecule has 2 rings (SSSR count). The normalized spacial score (nSPS) is 12.5. The molecule has 1 aromatic carbocycles. The number of hydrogen-bond acceptors (Lipinski definition) is 3. The summed E-state index contributed by atoms with van der Waals surface area (Å²) in [6, 6.07) is 5.26. The number of fused-ring (bicyclic) bond motifs is 1. The molecule has 2 nitrogen and oxygen atoms in total. The molecule has 1 heterocycles. The largest absolute Gasteiger partial charge is 0.374 e. The van der Waals surface area contributed by atoms with E-state index in [0.29, 0.717) is 12.0 Å². The SMILES string of the molecule is CC(C)OCc1c(CNC(C)(C)C)sc2cccc(F)c12. The third kappa shape index (κ3) is 4.25. The molecule has 0 aliphatic carbocycles. The molecule has 116 valence electrons. The first kappa shape index (κ1) is 16.4. The van der Waals surface area contributed by atoms with Crippen LogP contribution in [0.1, 0.15) is 45.1 Å². The maximum Gasteiger partial charge on any atom is 0.132 e. The van der Waals surface area contributed by atoms with Gasteiger partial charge in [0.25, 0.3) is 0 Å². The standard InChI is InChI=1S/C17H24FNOS/c1-11(2)20-10-12-15(9-19-17(3,4)5)21-14-8-6-7-13(18)16(12)14/h6-8,11,19H,9-10H2,1-5H3. The maximum absolute atomic E-state index is 14.2. The highest BCUT2D eigenvalue weighted by molar-refractivity contribution is 7.19. The van der Waals surface area contributed by atoms with Crippen molar-refractivity contribution in [3.8, 4) is 0 Å². The number of rotatable bonds is 5. The average Bonchev–Trinajstić information content (AvgIpc) is 2.72. The Kier molecular flexibility index (Phi) is 5.02. The molecule has 1 aromatic heterocycles. The van der Waals surface area contributed by atoms with Crippen molar-refractivity contribution in [2.45, 2.75) is 59.4 Å². The molecule has 0 saturated carbocycles. The van der Waals surface area contributed by atoms with Crippen LogP contribution in [0.5, 0.6) is 0 Å². The summed E-state index contributed by atoms with van der Waals surface area (Å²) in [5.74, 6) is -0.159. The van der Waals surface area contributed by atoms with E-state index in [9.17, 15) is 4.39 Å². The zero-order valence-corrected chi connectivity index (χ0v) is 14.2. The third-order valence-electron chi connectivity index (χ3n) is 3.19. The first-order valence-corrected chi connectivity index (χ1v) is 8.15. The number of hydrogen-bond donors (Lipinski definition) is 1. The predicted molar refractivity (Wildman–Crippen MR) is 88.3 cm³/mol. The average molecular weight is 309 g/mol. The van der Waals surface area contributed by atoms with Crippen LogP contribution in [0.25, 0.3) is 10.1 Å². The van der Waals surface area contributed by atoms with Crippen LogP contribution in [0.2, 0.25) is 0 Å². The van der Waals surface area contributed by atoms with Gasteiger partial charge < -0.3 is 10.1 Å². The summed E-state index contributed by atoms with van der Waals surface area (Å²) in [6.45, 7) is 11.6. The van der Waals surface area contributed by atoms with E-state index in [4.69, 9.17) is 4.74 Å². The minimum atomic E-state index is -0.159. The Morgan fingerprint density at radius 3 is 2.62 bits per heavy atom. The second kappa shape index (κ2) is 6.42. The summed E-state index contributed by atoms with van der Waals surface area (Å²) < 4.78 is 20.9. The molecular weight excluding hydrogens is 285 g/mol. The second-order valence-corrected chi connectivity index (χ2v) is 7.72. The number of thiophene rings is 1. The molecule has 0 aliphatic rings. The van der Waals surface area contributed by atoms with Gasteiger partial charge in [0.1, 0.15) is 5.82 Å². The Bertz CT molecular complexity index is 613. The molecule has 0 atom stereocenters. The van der Waals surface area contributed by atoms with Crippen molar-refractivity contribution in [1.82, 2.24) is 5.32 Å². The van der Waals surface area contributed by atoms with Gasteiger partial charge in [-0.3, -0.25) is 0 Å². The molecule has 1 N–H and O–H groups in total. The van der Waals surface area contributed by atoms with E-state index in [-0.39, 0.29) is 17.5 Å². The summed E-state index contributed by atoms with van der Waals surface area (Å²) in [5.41, 5.74) is 1.02. The van der Waals surface area contributed by atoms with Crippen LogP contribution in [0.3, 0.4) is 0 Å². The van der Waals surface area contributed by atoms with Gasteiger partial charge in [-0.05, 0) is 46.8 Å². The lowest BCUT2D eigenvalue weighted by molar-refractivity contribution is 0.0660. The first-order valence-electron chi connectivity index (χ1n) is 7.33. The Morgan fingerprint density at radius 2 is 2.00 bits per heavy atom. The van der Waals surface area contributed by atoms with Crippen LogP contribution >= 0.6 is 11.3 Å². The highest BCUT2D eigenvalue weighted by Gasteiger charge is 2.18. The summed E-state index contributed by atoms with van der Waals surface area (Å²) in [4.78, 5) is 1.16. The van der Waals surface area contributed by atoms with Crippen LogP contribution in [-0.2, 0) is 17.9 Å².